The van der Waals surface area contributed by atoms with Crippen LogP contribution in [0.25, 0.3) is 0 Å². The van der Waals surface area contributed by atoms with Crippen LogP contribution in [-0.4, -0.2) is 23.8 Å². The van der Waals surface area contributed by atoms with E-state index in [1.54, 1.807) is 30.5 Å². The summed E-state index contributed by atoms with van der Waals surface area (Å²) in [7, 11) is 0. The highest BCUT2D eigenvalue weighted by atomic mass is 79.9. The molecule has 0 amide bonds. The number of hydrazone groups is 1. The summed E-state index contributed by atoms with van der Waals surface area (Å²) in [5, 5.41) is 6.20. The Labute approximate surface area is 139 Å². The summed E-state index contributed by atoms with van der Waals surface area (Å²) in [6.07, 6.45) is 1.49. The predicted molar refractivity (Wildman–Crippen MR) is 87.8 cm³/mol. The minimum absolute atomic E-state index is 0.121. The molecular weight excluding hydrogens is 373 g/mol. The Balaban J connectivity index is 1.94. The van der Waals surface area contributed by atoms with Crippen LogP contribution in [0.4, 0.5) is 9.52 Å². The molecule has 1 N–H and O–H groups in total. The molecule has 1 aromatic carbocycles. The molecule has 2 aromatic rings. The largest absolute Gasteiger partial charge is 0.466 e. The number of carbonyl (C=O) groups excluding carboxylic acids is 1. The normalized spacial score (nSPS) is 10.9. The lowest BCUT2D eigenvalue weighted by atomic mass is 10.2. The van der Waals surface area contributed by atoms with E-state index < -0.39 is 0 Å². The SMILES string of the molecule is CCOC(=O)Cc1csc(NN=Cc2cccc(Br)c2F)n1. The molecule has 116 valence electrons. The molecule has 0 aliphatic rings. The van der Waals surface area contributed by atoms with Gasteiger partial charge >= 0.3 is 5.97 Å². The van der Waals surface area contributed by atoms with Gasteiger partial charge in [0.15, 0.2) is 0 Å². The third-order valence-corrected chi connectivity index (χ3v) is 3.94. The summed E-state index contributed by atoms with van der Waals surface area (Å²) < 4.78 is 18.9. The number of benzene rings is 1. The summed E-state index contributed by atoms with van der Waals surface area (Å²) in [6.45, 7) is 2.10. The molecule has 0 fully saturated rings. The first kappa shape index (κ1) is 16.6. The molecule has 1 aromatic heterocycles. The molecule has 0 unspecified atom stereocenters. The zero-order valence-corrected chi connectivity index (χ0v) is 14.1. The Kier molecular flexibility index (Phi) is 6.02. The van der Waals surface area contributed by atoms with E-state index in [2.05, 4.69) is 31.4 Å². The fraction of sp³-hybridized carbons (Fsp3) is 0.214. The summed E-state index contributed by atoms with van der Waals surface area (Å²) in [4.78, 5) is 15.5. The summed E-state index contributed by atoms with van der Waals surface area (Å²) >= 11 is 4.42. The van der Waals surface area contributed by atoms with E-state index in [-0.39, 0.29) is 18.2 Å². The Morgan fingerprint density at radius 1 is 1.59 bits per heavy atom. The molecule has 0 saturated carbocycles. The van der Waals surface area contributed by atoms with Gasteiger partial charge in [-0.2, -0.15) is 5.10 Å². The highest BCUT2D eigenvalue weighted by Gasteiger charge is 2.08. The molecule has 0 bridgehead atoms. The fourth-order valence-corrected chi connectivity index (χ4v) is 2.62. The zero-order chi connectivity index (χ0) is 15.9. The van der Waals surface area contributed by atoms with Crippen molar-refractivity contribution in [3.05, 3.63) is 45.1 Å². The van der Waals surface area contributed by atoms with E-state index in [1.807, 2.05) is 0 Å². The molecule has 1 heterocycles. The fourth-order valence-electron chi connectivity index (χ4n) is 1.58. The third kappa shape index (κ3) is 4.60. The molecule has 0 atom stereocenters. The van der Waals surface area contributed by atoms with Crippen LogP contribution in [0.15, 0.2) is 33.2 Å². The van der Waals surface area contributed by atoms with Crippen molar-refractivity contribution in [3.63, 3.8) is 0 Å². The first-order chi connectivity index (χ1) is 10.6. The van der Waals surface area contributed by atoms with Gasteiger partial charge in [0.2, 0.25) is 5.13 Å². The first-order valence-corrected chi connectivity index (χ1v) is 8.10. The number of halogens is 2. The highest BCUT2D eigenvalue weighted by molar-refractivity contribution is 9.10. The number of nitrogens with zero attached hydrogens (tertiary/aromatic N) is 2. The van der Waals surface area contributed by atoms with Gasteiger partial charge < -0.3 is 4.74 Å². The Bertz CT molecular complexity index is 690. The first-order valence-electron chi connectivity index (χ1n) is 6.43. The van der Waals surface area contributed by atoms with Crippen LogP contribution in [0.2, 0.25) is 0 Å². The number of hydrogen-bond donors (Lipinski definition) is 1. The van der Waals surface area contributed by atoms with Crippen molar-refractivity contribution < 1.29 is 13.9 Å². The zero-order valence-electron chi connectivity index (χ0n) is 11.7. The number of ether oxygens (including phenoxy) is 1. The predicted octanol–water partition coefficient (Wildman–Crippen LogP) is 3.60. The van der Waals surface area contributed by atoms with E-state index in [0.717, 1.165) is 0 Å². The second-order valence-corrected chi connectivity index (χ2v) is 5.85. The standard InChI is InChI=1S/C14H13BrFN3O2S/c1-2-21-12(20)6-10-8-22-14(18-10)19-17-7-9-4-3-5-11(15)13(9)16/h3-5,7-8H,2,6H2,1H3,(H,18,19). The number of esters is 1. The number of thiazole rings is 1. The van der Waals surface area contributed by atoms with Crippen LogP contribution in [0.3, 0.4) is 0 Å². The number of aromatic nitrogens is 1. The van der Waals surface area contributed by atoms with Gasteiger partial charge in [-0.1, -0.05) is 12.1 Å². The van der Waals surface area contributed by atoms with Crippen molar-refractivity contribution in [2.45, 2.75) is 13.3 Å². The number of nitrogens with one attached hydrogen (secondary N) is 1. The molecular formula is C14H13BrFN3O2S. The number of anilines is 1. The molecule has 0 spiro atoms. The lowest BCUT2D eigenvalue weighted by Crippen LogP contribution is -2.07. The van der Waals surface area contributed by atoms with Crippen LogP contribution in [0.5, 0.6) is 0 Å². The lowest BCUT2D eigenvalue weighted by molar-refractivity contribution is -0.142. The van der Waals surface area contributed by atoms with Gasteiger partial charge in [-0.15, -0.1) is 11.3 Å². The minimum atomic E-state index is -0.379. The average Bonchev–Trinajstić information content (AvgIpc) is 2.91. The van der Waals surface area contributed by atoms with E-state index >= 15 is 0 Å². The maximum Gasteiger partial charge on any atom is 0.311 e. The van der Waals surface area contributed by atoms with Gasteiger partial charge in [-0.05, 0) is 28.9 Å². The summed E-state index contributed by atoms with van der Waals surface area (Å²) in [5.74, 6) is -0.700. The smallest absolute Gasteiger partial charge is 0.311 e. The third-order valence-electron chi connectivity index (χ3n) is 2.53. The number of hydrogen-bond acceptors (Lipinski definition) is 6. The lowest BCUT2D eigenvalue weighted by Gasteiger charge is -1.99. The maximum atomic E-state index is 13.7. The van der Waals surface area contributed by atoms with Crippen LogP contribution >= 0.6 is 27.3 Å². The van der Waals surface area contributed by atoms with Crippen molar-refractivity contribution in [2.75, 3.05) is 12.0 Å². The second kappa shape index (κ2) is 8.00. The van der Waals surface area contributed by atoms with Crippen molar-refractivity contribution in [2.24, 2.45) is 5.10 Å². The monoisotopic (exact) mass is 385 g/mol. The molecule has 0 aliphatic carbocycles. The van der Waals surface area contributed by atoms with Gasteiger partial charge in [0, 0.05) is 10.9 Å². The Hall–Kier alpha value is -1.80. The average molecular weight is 386 g/mol. The Morgan fingerprint density at radius 3 is 3.18 bits per heavy atom. The number of rotatable bonds is 6. The van der Waals surface area contributed by atoms with Crippen LogP contribution in [0.1, 0.15) is 18.2 Å². The second-order valence-electron chi connectivity index (χ2n) is 4.14. The summed E-state index contributed by atoms with van der Waals surface area (Å²) in [6, 6.07) is 4.94. The van der Waals surface area contributed by atoms with Gasteiger partial charge in [-0.3, -0.25) is 10.2 Å². The van der Waals surface area contributed by atoms with Crippen LogP contribution in [0, 0.1) is 5.82 Å². The quantitative estimate of drug-likeness (QED) is 0.468. The van der Waals surface area contributed by atoms with Crippen molar-refractivity contribution in [1.82, 2.24) is 4.98 Å². The van der Waals surface area contributed by atoms with E-state index in [4.69, 9.17) is 4.74 Å². The summed E-state index contributed by atoms with van der Waals surface area (Å²) in [5.41, 5.74) is 3.67. The van der Waals surface area contributed by atoms with E-state index in [9.17, 15) is 9.18 Å². The van der Waals surface area contributed by atoms with Gasteiger partial charge in [0.05, 0.1) is 29.4 Å². The van der Waals surface area contributed by atoms with Crippen LogP contribution in [-0.2, 0) is 16.0 Å². The van der Waals surface area contributed by atoms with E-state index in [1.165, 1.54) is 17.6 Å². The van der Waals surface area contributed by atoms with Crippen molar-refractivity contribution in [1.29, 1.82) is 0 Å². The minimum Gasteiger partial charge on any atom is -0.466 e. The molecule has 5 nitrogen and oxygen atoms in total. The molecule has 0 saturated heterocycles. The van der Waals surface area contributed by atoms with Crippen molar-refractivity contribution in [3.8, 4) is 0 Å². The van der Waals surface area contributed by atoms with Crippen LogP contribution < -0.4 is 5.43 Å². The molecule has 0 aliphatic heterocycles. The number of carbonyl (C=O) groups is 1. The van der Waals surface area contributed by atoms with E-state index in [0.29, 0.717) is 27.5 Å². The maximum absolute atomic E-state index is 13.7. The molecule has 8 heteroatoms. The molecule has 0 radical (unpaired) electrons. The Morgan fingerprint density at radius 2 is 2.41 bits per heavy atom. The van der Waals surface area contributed by atoms with Crippen molar-refractivity contribution >= 4 is 44.6 Å². The van der Waals surface area contributed by atoms with Gasteiger partial charge in [0.1, 0.15) is 5.82 Å². The topological polar surface area (TPSA) is 63.6 Å². The molecule has 2 rings (SSSR count). The van der Waals surface area contributed by atoms with Gasteiger partial charge in [-0.25, -0.2) is 9.37 Å². The highest BCUT2D eigenvalue weighted by Crippen LogP contribution is 2.18. The van der Waals surface area contributed by atoms with Gasteiger partial charge in [0.25, 0.3) is 0 Å². The molecule has 22 heavy (non-hydrogen) atoms.